The molecule has 2 aromatic rings. The number of aliphatic hydroxyl groups excluding tert-OH is 1. The molecule has 5 atom stereocenters. The fourth-order valence-corrected chi connectivity index (χ4v) is 4.63. The first kappa shape index (κ1) is 14.9. The van der Waals surface area contributed by atoms with Crippen LogP contribution in [0.4, 0.5) is 0 Å². The van der Waals surface area contributed by atoms with Crippen molar-refractivity contribution in [2.75, 3.05) is 13.1 Å². The molecule has 0 unspecified atom stereocenters. The third kappa shape index (κ3) is 2.32. The predicted octanol–water partition coefficient (Wildman–Crippen LogP) is 2.76. The van der Waals surface area contributed by atoms with Crippen LogP contribution in [0.25, 0.3) is 10.9 Å². The molecule has 117 valence electrons. The first-order valence-electron chi connectivity index (χ1n) is 8.42. The van der Waals surface area contributed by atoms with Gasteiger partial charge in [-0.25, -0.2) is 7.98 Å². The maximum Gasteiger partial charge on any atom is 0.127 e. The van der Waals surface area contributed by atoms with E-state index < -0.39 is 6.10 Å². The Labute approximate surface area is 138 Å². The number of nitrogens with zero attached hydrogens (tertiary/aromatic N) is 2. The highest BCUT2D eigenvalue weighted by atomic mass is 16.3. The number of pyridine rings is 1. The van der Waals surface area contributed by atoms with Gasteiger partial charge in [-0.05, 0) is 30.0 Å². The number of benzene rings is 1. The van der Waals surface area contributed by atoms with E-state index in [1.807, 2.05) is 36.4 Å². The zero-order valence-electron chi connectivity index (χ0n) is 13.3. The van der Waals surface area contributed by atoms with Crippen LogP contribution in [-0.2, 0) is 0 Å². The molecule has 3 nitrogen and oxygen atoms in total. The summed E-state index contributed by atoms with van der Waals surface area (Å²) in [6, 6.07) is 9.98. The lowest BCUT2D eigenvalue weighted by Gasteiger charge is -2.66. The molecule has 1 aromatic carbocycles. The van der Waals surface area contributed by atoms with Gasteiger partial charge in [0.2, 0.25) is 0 Å². The lowest BCUT2D eigenvalue weighted by Crippen LogP contribution is -2.66. The van der Waals surface area contributed by atoms with E-state index in [4.69, 9.17) is 7.98 Å². The number of fused-ring (bicyclic) bond motifs is 4. The molecule has 4 heterocycles. The average molecular weight is 305 g/mol. The van der Waals surface area contributed by atoms with Gasteiger partial charge in [-0.1, -0.05) is 24.3 Å². The van der Waals surface area contributed by atoms with Crippen molar-refractivity contribution in [3.05, 3.63) is 54.7 Å². The molecule has 1 N–H and O–H groups in total. The van der Waals surface area contributed by atoms with Crippen molar-refractivity contribution in [2.24, 2.45) is 11.8 Å². The van der Waals surface area contributed by atoms with Crippen LogP contribution in [0.15, 0.2) is 49.2 Å². The predicted molar refractivity (Wildman–Crippen MR) is 92.7 cm³/mol. The lowest BCUT2D eigenvalue weighted by molar-refractivity contribution is -0.871. The molecule has 3 aliphatic heterocycles. The molecule has 0 spiro atoms. The minimum absolute atomic E-state index is 0.0516. The highest BCUT2D eigenvalue weighted by Crippen LogP contribution is 2.45. The molecule has 23 heavy (non-hydrogen) atoms. The van der Waals surface area contributed by atoms with Crippen LogP contribution in [0, 0.1) is 11.8 Å². The number of rotatable bonds is 3. The zero-order valence-corrected chi connectivity index (χ0v) is 13.3. The Morgan fingerprint density at radius 2 is 2.17 bits per heavy atom. The van der Waals surface area contributed by atoms with Gasteiger partial charge in [-0.3, -0.25) is 4.98 Å². The number of hydrogen-bond donors (Lipinski definition) is 1. The van der Waals surface area contributed by atoms with Gasteiger partial charge in [0.15, 0.2) is 0 Å². The van der Waals surface area contributed by atoms with Gasteiger partial charge < -0.3 is 9.50 Å². The second-order valence-electron chi connectivity index (χ2n) is 7.12. The Hall–Kier alpha value is -1.65. The fourth-order valence-electron chi connectivity index (χ4n) is 4.63. The molecule has 1 aromatic heterocycles. The van der Waals surface area contributed by atoms with E-state index in [-0.39, 0.29) is 6.04 Å². The maximum absolute atomic E-state index is 11.1. The second-order valence-corrected chi connectivity index (χ2v) is 7.12. The van der Waals surface area contributed by atoms with Crippen LogP contribution in [0.5, 0.6) is 0 Å². The molecule has 3 fully saturated rings. The first-order chi connectivity index (χ1) is 11.1. The van der Waals surface area contributed by atoms with Crippen LogP contribution in [0.3, 0.4) is 0 Å². The molecule has 0 aliphatic carbocycles. The van der Waals surface area contributed by atoms with E-state index in [1.54, 1.807) is 6.20 Å². The molecule has 3 saturated heterocycles. The number of aromatic nitrogens is 1. The van der Waals surface area contributed by atoms with E-state index in [0.29, 0.717) is 16.2 Å². The van der Waals surface area contributed by atoms with E-state index in [2.05, 4.69) is 11.6 Å². The van der Waals surface area contributed by atoms with E-state index >= 15 is 0 Å². The highest BCUT2D eigenvalue weighted by molar-refractivity contribution is 5.97. The monoisotopic (exact) mass is 305 g/mol. The van der Waals surface area contributed by atoms with Gasteiger partial charge in [-0.2, -0.15) is 0 Å². The molecule has 3 aliphatic rings. The number of piperidine rings is 3. The summed E-state index contributed by atoms with van der Waals surface area (Å²) in [6.45, 7) is 5.80. The van der Waals surface area contributed by atoms with Crippen LogP contribution < -0.4 is 0 Å². The second kappa shape index (κ2) is 5.46. The summed E-state index contributed by atoms with van der Waals surface area (Å²) in [5.74, 6) is 1.08. The Bertz CT molecular complexity index is 744. The lowest BCUT2D eigenvalue weighted by atomic mass is 9.69. The quantitative estimate of drug-likeness (QED) is 0.699. The molecule has 0 amide bonds. The zero-order chi connectivity index (χ0) is 16.0. The van der Waals surface area contributed by atoms with E-state index in [0.717, 1.165) is 42.4 Å². The highest BCUT2D eigenvalue weighted by Gasteiger charge is 2.45. The van der Waals surface area contributed by atoms with Crippen LogP contribution >= 0.6 is 0 Å². The topological polar surface area (TPSA) is 33.1 Å². The molecule has 5 rings (SSSR count). The van der Waals surface area contributed by atoms with Crippen LogP contribution in [-0.4, -0.2) is 41.6 Å². The Kier molecular flexibility index (Phi) is 3.54. The summed E-state index contributed by atoms with van der Waals surface area (Å²) >= 11 is 0. The van der Waals surface area contributed by atoms with Crippen molar-refractivity contribution in [3.63, 3.8) is 0 Å². The average Bonchev–Trinajstić information content (AvgIpc) is 2.60. The first-order valence-corrected chi connectivity index (χ1v) is 8.42. The molecule has 2 bridgehead atoms. The molecular weight excluding hydrogens is 283 g/mol. The van der Waals surface area contributed by atoms with Gasteiger partial charge in [-0.15, -0.1) is 6.58 Å². The van der Waals surface area contributed by atoms with E-state index in [9.17, 15) is 5.11 Å². The van der Waals surface area contributed by atoms with Crippen LogP contribution in [0.2, 0.25) is 0 Å². The smallest absolute Gasteiger partial charge is 0.127 e. The molecule has 4 heteroatoms. The summed E-state index contributed by atoms with van der Waals surface area (Å²) in [7, 11) is 6.70. The minimum atomic E-state index is -0.554. The SMILES string of the molecule is [B-][N@@+]12CC[C@@H](C[C@@H]1[C@@H](O)c1ccnc3ccccc13)[C@@H](C=C)C2. The fraction of sp³-hybridized carbons (Fsp3) is 0.421. The Morgan fingerprint density at radius 3 is 2.96 bits per heavy atom. The van der Waals surface area contributed by atoms with Crippen molar-refractivity contribution in [2.45, 2.75) is 25.0 Å². The Balaban J connectivity index is 1.72. The third-order valence-electron chi connectivity index (χ3n) is 5.95. The van der Waals surface area contributed by atoms with Crippen molar-refractivity contribution in [1.29, 1.82) is 0 Å². The van der Waals surface area contributed by atoms with Gasteiger partial charge in [0, 0.05) is 37.0 Å². The number of quaternary nitrogens is 1. The Morgan fingerprint density at radius 1 is 1.35 bits per heavy atom. The molecule has 3 radical (unpaired) electrons. The summed E-state index contributed by atoms with van der Waals surface area (Å²) < 4.78 is 0.463. The summed E-state index contributed by atoms with van der Waals surface area (Å²) in [6.07, 6.45) is 5.37. The van der Waals surface area contributed by atoms with Gasteiger partial charge in [0.05, 0.1) is 11.6 Å². The molecular formula is C19H22BN2O. The number of hydrogen-bond acceptors (Lipinski definition) is 2. The van der Waals surface area contributed by atoms with Gasteiger partial charge >= 0.3 is 0 Å². The maximum atomic E-state index is 11.1. The third-order valence-corrected chi connectivity index (χ3v) is 5.95. The largest absolute Gasteiger partial charge is 0.583 e. The minimum Gasteiger partial charge on any atom is -0.583 e. The van der Waals surface area contributed by atoms with Crippen molar-refractivity contribution in [1.82, 2.24) is 4.98 Å². The summed E-state index contributed by atoms with van der Waals surface area (Å²) in [5, 5.41) is 12.2. The molecule has 0 saturated carbocycles. The van der Waals surface area contributed by atoms with Gasteiger partial charge in [0.1, 0.15) is 6.10 Å². The normalized spacial score (nSPS) is 34.4. The van der Waals surface area contributed by atoms with Crippen molar-refractivity contribution >= 4 is 18.9 Å². The standard InChI is InChI=1S/C19H22BN2O/c1-2-13-12-22(20)10-8-14(13)11-18(22)19(23)16-7-9-21-17-6-4-3-5-15(16)17/h2-7,9,13-14,18-19,23H,1,8,10-12H2/t13-,14-,18+,19-,22+/m0/s1. The number of aliphatic hydroxyl groups is 1. The van der Waals surface area contributed by atoms with Crippen molar-refractivity contribution in [3.8, 4) is 0 Å². The van der Waals surface area contributed by atoms with E-state index in [1.165, 1.54) is 0 Å². The number of para-hydroxylation sites is 1. The summed E-state index contributed by atoms with van der Waals surface area (Å²) in [4.78, 5) is 4.40. The summed E-state index contributed by atoms with van der Waals surface area (Å²) in [5.41, 5.74) is 1.87. The van der Waals surface area contributed by atoms with Crippen molar-refractivity contribution < 1.29 is 9.50 Å². The van der Waals surface area contributed by atoms with Gasteiger partial charge in [0.25, 0.3) is 0 Å². The van der Waals surface area contributed by atoms with Crippen LogP contribution in [0.1, 0.15) is 24.5 Å².